The van der Waals surface area contributed by atoms with Crippen molar-refractivity contribution in [1.29, 1.82) is 0 Å². The second-order valence-electron chi connectivity index (χ2n) is 7.15. The molecule has 1 saturated carbocycles. The van der Waals surface area contributed by atoms with E-state index in [0.29, 0.717) is 31.8 Å². The van der Waals surface area contributed by atoms with Crippen LogP contribution in [0, 0.1) is 0 Å². The maximum atomic E-state index is 13.3. The Morgan fingerprint density at radius 3 is 2.52 bits per heavy atom. The van der Waals surface area contributed by atoms with Crippen molar-refractivity contribution >= 4 is 29.5 Å². The van der Waals surface area contributed by atoms with E-state index in [-0.39, 0.29) is 23.6 Å². The molecule has 0 spiro atoms. The maximum Gasteiger partial charge on any atom is 0.246 e. The molecular weight excluding hydrogens is 342 g/mol. The SMILES string of the molecule is NC(=O)[C@@H]1CSCC(=O)N1C1(C(=O)NC2CCCCC2)CCOCC1. The van der Waals surface area contributed by atoms with Crippen LogP contribution in [0.1, 0.15) is 44.9 Å². The molecule has 0 bridgehead atoms. The lowest BCUT2D eigenvalue weighted by atomic mass is 9.84. The summed E-state index contributed by atoms with van der Waals surface area (Å²) in [5.74, 6) is -0.143. The van der Waals surface area contributed by atoms with E-state index in [9.17, 15) is 14.4 Å². The lowest BCUT2D eigenvalue weighted by molar-refractivity contribution is -0.159. The van der Waals surface area contributed by atoms with Crippen LogP contribution in [0.4, 0.5) is 0 Å². The summed E-state index contributed by atoms with van der Waals surface area (Å²) in [6.45, 7) is 0.807. The van der Waals surface area contributed by atoms with Crippen LogP contribution in [-0.4, -0.2) is 65.0 Å². The molecule has 0 aromatic heterocycles. The van der Waals surface area contributed by atoms with Crippen molar-refractivity contribution in [3.8, 4) is 0 Å². The molecule has 3 rings (SSSR count). The van der Waals surface area contributed by atoms with Crippen LogP contribution in [0.15, 0.2) is 0 Å². The molecule has 7 nitrogen and oxygen atoms in total. The minimum atomic E-state index is -1.02. The van der Waals surface area contributed by atoms with Crippen LogP contribution >= 0.6 is 11.8 Å². The molecule has 140 valence electrons. The molecular formula is C17H27N3O4S. The fraction of sp³-hybridized carbons (Fsp3) is 0.824. The molecule has 2 saturated heterocycles. The number of carbonyl (C=O) groups is 3. The summed E-state index contributed by atoms with van der Waals surface area (Å²) in [5.41, 5.74) is 4.54. The topological polar surface area (TPSA) is 102 Å². The highest BCUT2D eigenvalue weighted by atomic mass is 32.2. The molecule has 0 aromatic rings. The van der Waals surface area contributed by atoms with Gasteiger partial charge in [0.2, 0.25) is 17.7 Å². The van der Waals surface area contributed by atoms with Crippen LogP contribution in [0.25, 0.3) is 0 Å². The van der Waals surface area contributed by atoms with Gasteiger partial charge in [0, 0.05) is 37.9 Å². The smallest absolute Gasteiger partial charge is 0.246 e. The zero-order valence-corrected chi connectivity index (χ0v) is 15.3. The minimum absolute atomic E-state index is 0.144. The Balaban J connectivity index is 1.86. The predicted octanol–water partition coefficient (Wildman–Crippen LogP) is 0.414. The lowest BCUT2D eigenvalue weighted by Crippen LogP contribution is -2.70. The Labute approximate surface area is 152 Å². The molecule has 0 radical (unpaired) electrons. The van der Waals surface area contributed by atoms with Crippen molar-refractivity contribution in [3.05, 3.63) is 0 Å². The molecule has 3 amide bonds. The van der Waals surface area contributed by atoms with E-state index in [1.807, 2.05) is 0 Å². The summed E-state index contributed by atoms with van der Waals surface area (Å²) in [6.07, 6.45) is 6.20. The van der Waals surface area contributed by atoms with Gasteiger partial charge >= 0.3 is 0 Å². The van der Waals surface area contributed by atoms with E-state index in [2.05, 4.69) is 5.32 Å². The fourth-order valence-corrected chi connectivity index (χ4v) is 5.14. The molecule has 0 unspecified atom stereocenters. The van der Waals surface area contributed by atoms with E-state index >= 15 is 0 Å². The number of thioether (sulfide) groups is 1. The first-order chi connectivity index (χ1) is 12.0. The van der Waals surface area contributed by atoms with Gasteiger partial charge in [-0.1, -0.05) is 19.3 Å². The van der Waals surface area contributed by atoms with Crippen molar-refractivity contribution in [2.24, 2.45) is 5.73 Å². The van der Waals surface area contributed by atoms with E-state index in [1.54, 1.807) is 0 Å². The van der Waals surface area contributed by atoms with Crippen LogP contribution in [0.2, 0.25) is 0 Å². The quantitative estimate of drug-likeness (QED) is 0.747. The average molecular weight is 369 g/mol. The summed E-state index contributed by atoms with van der Waals surface area (Å²) in [4.78, 5) is 39.4. The molecule has 3 N–H and O–H groups in total. The number of nitrogens with one attached hydrogen (secondary N) is 1. The van der Waals surface area contributed by atoms with Crippen molar-refractivity contribution < 1.29 is 19.1 Å². The van der Waals surface area contributed by atoms with Gasteiger partial charge in [0.05, 0.1) is 5.75 Å². The summed E-state index contributed by atoms with van der Waals surface area (Å²) in [6, 6.07) is -0.580. The van der Waals surface area contributed by atoms with Crippen molar-refractivity contribution in [1.82, 2.24) is 10.2 Å². The Morgan fingerprint density at radius 2 is 1.88 bits per heavy atom. The molecule has 8 heteroatoms. The average Bonchev–Trinajstić information content (AvgIpc) is 2.62. The van der Waals surface area contributed by atoms with Gasteiger partial charge in [-0.25, -0.2) is 0 Å². The number of hydrogen-bond acceptors (Lipinski definition) is 5. The highest BCUT2D eigenvalue weighted by molar-refractivity contribution is 8.00. The highest BCUT2D eigenvalue weighted by Crippen LogP contribution is 2.35. The third-order valence-electron chi connectivity index (χ3n) is 5.55. The number of nitrogens with two attached hydrogens (primary N) is 1. The van der Waals surface area contributed by atoms with Crippen LogP contribution in [0.3, 0.4) is 0 Å². The first-order valence-electron chi connectivity index (χ1n) is 9.12. The van der Waals surface area contributed by atoms with Gasteiger partial charge in [-0.2, -0.15) is 0 Å². The zero-order valence-electron chi connectivity index (χ0n) is 14.5. The van der Waals surface area contributed by atoms with Gasteiger partial charge in [0.25, 0.3) is 0 Å². The molecule has 1 aliphatic carbocycles. The number of carbonyl (C=O) groups excluding carboxylic acids is 3. The number of ether oxygens (including phenoxy) is 1. The van der Waals surface area contributed by atoms with E-state index in [0.717, 1.165) is 25.7 Å². The normalized spacial score (nSPS) is 27.8. The number of amides is 3. The fourth-order valence-electron chi connectivity index (χ4n) is 4.18. The Morgan fingerprint density at radius 1 is 1.20 bits per heavy atom. The van der Waals surface area contributed by atoms with Gasteiger partial charge in [0.15, 0.2) is 0 Å². The van der Waals surface area contributed by atoms with Gasteiger partial charge < -0.3 is 20.7 Å². The molecule has 0 aromatic carbocycles. The van der Waals surface area contributed by atoms with E-state index in [1.165, 1.54) is 23.1 Å². The monoisotopic (exact) mass is 369 g/mol. The Kier molecular flexibility index (Phi) is 5.89. The third-order valence-corrected chi connectivity index (χ3v) is 6.56. The Bertz CT molecular complexity index is 530. The molecule has 2 heterocycles. The lowest BCUT2D eigenvalue weighted by Gasteiger charge is -2.49. The molecule has 3 aliphatic rings. The van der Waals surface area contributed by atoms with E-state index < -0.39 is 17.5 Å². The van der Waals surface area contributed by atoms with E-state index in [4.69, 9.17) is 10.5 Å². The number of primary amides is 1. The molecule has 25 heavy (non-hydrogen) atoms. The largest absolute Gasteiger partial charge is 0.381 e. The standard InChI is InChI=1S/C17H27N3O4S/c18-15(22)13-10-25-11-14(21)20(13)17(6-8-24-9-7-17)16(23)19-12-4-2-1-3-5-12/h12-13H,1-11H2,(H2,18,22)(H,19,23)/t13-/m0/s1. The number of rotatable bonds is 4. The van der Waals surface area contributed by atoms with Crippen LogP contribution < -0.4 is 11.1 Å². The highest BCUT2D eigenvalue weighted by Gasteiger charge is 2.52. The van der Waals surface area contributed by atoms with Gasteiger partial charge in [0.1, 0.15) is 11.6 Å². The van der Waals surface area contributed by atoms with Crippen molar-refractivity contribution in [2.45, 2.75) is 62.6 Å². The molecule has 2 aliphatic heterocycles. The van der Waals surface area contributed by atoms with Crippen molar-refractivity contribution in [3.63, 3.8) is 0 Å². The third kappa shape index (κ3) is 3.79. The van der Waals surface area contributed by atoms with Gasteiger partial charge in [-0.15, -0.1) is 11.8 Å². The second kappa shape index (κ2) is 7.95. The summed E-state index contributed by atoms with van der Waals surface area (Å²) in [5, 5.41) is 3.16. The second-order valence-corrected chi connectivity index (χ2v) is 8.18. The minimum Gasteiger partial charge on any atom is -0.381 e. The first kappa shape index (κ1) is 18.5. The van der Waals surface area contributed by atoms with Gasteiger partial charge in [-0.05, 0) is 12.8 Å². The summed E-state index contributed by atoms with van der Waals surface area (Å²) in [7, 11) is 0. The van der Waals surface area contributed by atoms with Gasteiger partial charge in [-0.3, -0.25) is 14.4 Å². The number of nitrogens with zero attached hydrogens (tertiary/aromatic N) is 1. The molecule has 3 fully saturated rings. The zero-order chi connectivity index (χ0) is 17.9. The summed E-state index contributed by atoms with van der Waals surface area (Å²) >= 11 is 1.40. The first-order valence-corrected chi connectivity index (χ1v) is 10.3. The molecule has 1 atom stereocenters. The van der Waals surface area contributed by atoms with Crippen molar-refractivity contribution in [2.75, 3.05) is 24.7 Å². The number of hydrogen-bond donors (Lipinski definition) is 2. The maximum absolute atomic E-state index is 13.3. The predicted molar refractivity (Wildman–Crippen MR) is 95.0 cm³/mol. The van der Waals surface area contributed by atoms with Crippen LogP contribution in [-0.2, 0) is 19.1 Å². The Hall–Kier alpha value is -1.28. The summed E-state index contributed by atoms with van der Waals surface area (Å²) < 4.78 is 5.45. The van der Waals surface area contributed by atoms with Crippen LogP contribution in [0.5, 0.6) is 0 Å².